The smallest absolute Gasteiger partial charge is 0.338 e. The number of benzene rings is 2. The van der Waals surface area contributed by atoms with Gasteiger partial charge in [-0.2, -0.15) is 0 Å². The standard InChI is InChI=1S/C16H14F2O4S/c1-10(14-9-12(17)5-8-15(14)18)22-16(19)11-3-6-13(7-4-11)23(2,20)21/h3-10H,1-2H3/t10-/m1/s1. The van der Waals surface area contributed by atoms with Crippen molar-refractivity contribution in [3.8, 4) is 0 Å². The molecule has 0 aliphatic carbocycles. The maximum Gasteiger partial charge on any atom is 0.338 e. The predicted molar refractivity (Wildman–Crippen MR) is 79.7 cm³/mol. The second kappa shape index (κ2) is 6.45. The van der Waals surface area contributed by atoms with Crippen LogP contribution < -0.4 is 0 Å². The van der Waals surface area contributed by atoms with E-state index in [0.29, 0.717) is 0 Å². The van der Waals surface area contributed by atoms with Crippen molar-refractivity contribution in [3.05, 3.63) is 65.2 Å². The highest BCUT2D eigenvalue weighted by Crippen LogP contribution is 2.23. The third-order valence-electron chi connectivity index (χ3n) is 3.20. The van der Waals surface area contributed by atoms with E-state index in [9.17, 15) is 22.0 Å². The van der Waals surface area contributed by atoms with Crippen LogP contribution in [0.2, 0.25) is 0 Å². The lowest BCUT2D eigenvalue weighted by molar-refractivity contribution is 0.0330. The van der Waals surface area contributed by atoms with Crippen LogP contribution in [-0.2, 0) is 14.6 Å². The van der Waals surface area contributed by atoms with Gasteiger partial charge in [0.2, 0.25) is 0 Å². The number of sulfone groups is 1. The quantitative estimate of drug-likeness (QED) is 0.802. The van der Waals surface area contributed by atoms with E-state index in [0.717, 1.165) is 24.5 Å². The second-order valence-electron chi connectivity index (χ2n) is 5.01. The average Bonchev–Trinajstić information content (AvgIpc) is 2.48. The zero-order valence-electron chi connectivity index (χ0n) is 12.4. The molecule has 0 aliphatic rings. The fourth-order valence-electron chi connectivity index (χ4n) is 1.96. The van der Waals surface area contributed by atoms with Crippen LogP contribution in [0.25, 0.3) is 0 Å². The Hall–Kier alpha value is -2.28. The Labute approximate surface area is 132 Å². The Morgan fingerprint density at radius 3 is 2.26 bits per heavy atom. The molecule has 2 rings (SSSR count). The second-order valence-corrected chi connectivity index (χ2v) is 7.03. The van der Waals surface area contributed by atoms with Gasteiger partial charge in [0.1, 0.15) is 17.7 Å². The van der Waals surface area contributed by atoms with Gasteiger partial charge in [0.25, 0.3) is 0 Å². The van der Waals surface area contributed by atoms with Gasteiger partial charge in [-0.25, -0.2) is 22.0 Å². The first kappa shape index (κ1) is 17.1. The van der Waals surface area contributed by atoms with Crippen LogP contribution in [0.3, 0.4) is 0 Å². The van der Waals surface area contributed by atoms with Crippen molar-refractivity contribution in [1.82, 2.24) is 0 Å². The molecular formula is C16H14F2O4S. The molecule has 0 fully saturated rings. The van der Waals surface area contributed by atoms with E-state index >= 15 is 0 Å². The molecule has 7 heteroatoms. The van der Waals surface area contributed by atoms with Crippen LogP contribution in [0.1, 0.15) is 28.9 Å². The summed E-state index contributed by atoms with van der Waals surface area (Å²) in [4.78, 5) is 12.1. The number of rotatable bonds is 4. The Balaban J connectivity index is 2.17. The van der Waals surface area contributed by atoms with Crippen molar-refractivity contribution in [1.29, 1.82) is 0 Å². The maximum atomic E-state index is 13.6. The summed E-state index contributed by atoms with van der Waals surface area (Å²) in [5.74, 6) is -2.08. The van der Waals surface area contributed by atoms with E-state index in [2.05, 4.69) is 0 Å². The molecule has 0 bridgehead atoms. The molecule has 0 amide bonds. The molecule has 0 N–H and O–H groups in total. The minimum atomic E-state index is -3.37. The molecule has 0 saturated heterocycles. The zero-order valence-corrected chi connectivity index (χ0v) is 13.2. The monoisotopic (exact) mass is 340 g/mol. The lowest BCUT2D eigenvalue weighted by Gasteiger charge is -2.14. The fraction of sp³-hybridized carbons (Fsp3) is 0.188. The molecule has 0 saturated carbocycles. The molecule has 4 nitrogen and oxygen atoms in total. The molecule has 0 aliphatic heterocycles. The molecule has 23 heavy (non-hydrogen) atoms. The van der Waals surface area contributed by atoms with E-state index in [1.807, 2.05) is 0 Å². The number of ether oxygens (including phenoxy) is 1. The topological polar surface area (TPSA) is 60.4 Å². The molecule has 0 unspecified atom stereocenters. The lowest BCUT2D eigenvalue weighted by Crippen LogP contribution is -2.11. The molecule has 2 aromatic carbocycles. The molecule has 0 aromatic heterocycles. The summed E-state index contributed by atoms with van der Waals surface area (Å²) in [5, 5.41) is 0. The van der Waals surface area contributed by atoms with Crippen molar-refractivity contribution < 1.29 is 26.7 Å². The molecule has 0 heterocycles. The van der Waals surface area contributed by atoms with Gasteiger partial charge in [0.15, 0.2) is 9.84 Å². The first-order valence-electron chi connectivity index (χ1n) is 6.64. The minimum absolute atomic E-state index is 0.0678. The number of hydrogen-bond donors (Lipinski definition) is 0. The number of carbonyl (C=O) groups is 1. The highest BCUT2D eigenvalue weighted by atomic mass is 32.2. The van der Waals surface area contributed by atoms with E-state index in [1.165, 1.54) is 31.2 Å². The number of carbonyl (C=O) groups excluding carboxylic acids is 1. The van der Waals surface area contributed by atoms with Crippen molar-refractivity contribution in [3.63, 3.8) is 0 Å². The van der Waals surface area contributed by atoms with E-state index < -0.39 is 33.5 Å². The van der Waals surface area contributed by atoms with E-state index in [-0.39, 0.29) is 16.0 Å². The van der Waals surface area contributed by atoms with Gasteiger partial charge in [0, 0.05) is 11.8 Å². The van der Waals surface area contributed by atoms with Crippen LogP contribution >= 0.6 is 0 Å². The van der Waals surface area contributed by atoms with Crippen LogP contribution in [0.15, 0.2) is 47.4 Å². The predicted octanol–water partition coefficient (Wildman–Crippen LogP) is 3.29. The maximum absolute atomic E-state index is 13.6. The molecule has 0 spiro atoms. The number of esters is 1. The van der Waals surface area contributed by atoms with Gasteiger partial charge in [0.05, 0.1) is 10.5 Å². The molecule has 1 atom stereocenters. The summed E-state index contributed by atoms with van der Waals surface area (Å²) < 4.78 is 54.6. The van der Waals surface area contributed by atoms with Crippen molar-refractivity contribution in [2.45, 2.75) is 17.9 Å². The summed E-state index contributed by atoms with van der Waals surface area (Å²) in [7, 11) is -3.37. The summed E-state index contributed by atoms with van der Waals surface area (Å²) in [6, 6.07) is 8.03. The Morgan fingerprint density at radius 2 is 1.70 bits per heavy atom. The van der Waals surface area contributed by atoms with Crippen molar-refractivity contribution in [2.75, 3.05) is 6.26 Å². The van der Waals surface area contributed by atoms with Crippen LogP contribution in [0, 0.1) is 11.6 Å². The highest BCUT2D eigenvalue weighted by molar-refractivity contribution is 7.90. The summed E-state index contributed by atoms with van der Waals surface area (Å²) in [6.45, 7) is 1.42. The van der Waals surface area contributed by atoms with Gasteiger partial charge < -0.3 is 4.74 Å². The lowest BCUT2D eigenvalue weighted by atomic mass is 10.1. The van der Waals surface area contributed by atoms with E-state index in [4.69, 9.17) is 4.74 Å². The van der Waals surface area contributed by atoms with Crippen LogP contribution in [0.5, 0.6) is 0 Å². The van der Waals surface area contributed by atoms with Gasteiger partial charge in [-0.3, -0.25) is 0 Å². The summed E-state index contributed by atoms with van der Waals surface area (Å²) in [5.41, 5.74) is 0.0344. The van der Waals surface area contributed by atoms with E-state index in [1.54, 1.807) is 0 Å². The molecule has 2 aromatic rings. The van der Waals surface area contributed by atoms with Gasteiger partial charge in [-0.05, 0) is 49.4 Å². The van der Waals surface area contributed by atoms with Crippen LogP contribution in [-0.4, -0.2) is 20.6 Å². The minimum Gasteiger partial charge on any atom is -0.454 e. The Morgan fingerprint density at radius 1 is 1.09 bits per heavy atom. The first-order chi connectivity index (χ1) is 10.7. The highest BCUT2D eigenvalue weighted by Gasteiger charge is 2.18. The zero-order chi connectivity index (χ0) is 17.2. The van der Waals surface area contributed by atoms with Gasteiger partial charge >= 0.3 is 5.97 Å². The molecule has 0 radical (unpaired) electrons. The molecule has 122 valence electrons. The normalized spacial score (nSPS) is 12.7. The number of hydrogen-bond acceptors (Lipinski definition) is 4. The van der Waals surface area contributed by atoms with Gasteiger partial charge in [-0.15, -0.1) is 0 Å². The fourth-order valence-corrected chi connectivity index (χ4v) is 2.59. The summed E-state index contributed by atoms with van der Waals surface area (Å²) in [6.07, 6.45) is 0.0579. The van der Waals surface area contributed by atoms with Gasteiger partial charge in [-0.1, -0.05) is 0 Å². The third kappa shape index (κ3) is 4.13. The first-order valence-corrected chi connectivity index (χ1v) is 8.53. The summed E-state index contributed by atoms with van der Waals surface area (Å²) >= 11 is 0. The Bertz CT molecular complexity index is 830. The van der Waals surface area contributed by atoms with Crippen molar-refractivity contribution in [2.24, 2.45) is 0 Å². The average molecular weight is 340 g/mol. The SMILES string of the molecule is C[C@@H](OC(=O)c1ccc(S(C)(=O)=O)cc1)c1cc(F)ccc1F. The third-order valence-corrected chi connectivity index (χ3v) is 4.33. The van der Waals surface area contributed by atoms with Crippen LogP contribution in [0.4, 0.5) is 8.78 Å². The molecular weight excluding hydrogens is 326 g/mol. The largest absolute Gasteiger partial charge is 0.454 e. The van der Waals surface area contributed by atoms with Crippen molar-refractivity contribution >= 4 is 15.8 Å². The number of halogens is 2. The Kier molecular flexibility index (Phi) is 4.79.